The molecule has 0 aromatic heterocycles. The summed E-state index contributed by atoms with van der Waals surface area (Å²) in [6.07, 6.45) is 1.26. The molecule has 3 rings (SSSR count). The van der Waals surface area contributed by atoms with Gasteiger partial charge in [-0.25, -0.2) is 0 Å². The molecular formula is C20H22N2O5. The van der Waals surface area contributed by atoms with E-state index >= 15 is 0 Å². The number of phenols is 2. The second-order valence-corrected chi connectivity index (χ2v) is 6.51. The van der Waals surface area contributed by atoms with Gasteiger partial charge in [0.15, 0.2) is 0 Å². The van der Waals surface area contributed by atoms with Crippen molar-refractivity contribution in [2.24, 2.45) is 0 Å². The molecule has 2 aromatic rings. The maximum Gasteiger partial charge on any atom is 0.253 e. The fourth-order valence-corrected chi connectivity index (χ4v) is 3.16. The number of methoxy groups -OCH3 is 1. The minimum atomic E-state index is -0.362. The largest absolute Gasteiger partial charge is 0.508 e. The average Bonchev–Trinajstić information content (AvgIpc) is 2.67. The van der Waals surface area contributed by atoms with Gasteiger partial charge in [0.05, 0.1) is 7.11 Å². The van der Waals surface area contributed by atoms with Crippen LogP contribution in [0.4, 0.5) is 0 Å². The summed E-state index contributed by atoms with van der Waals surface area (Å²) in [5.41, 5.74) is 0.773. The van der Waals surface area contributed by atoms with E-state index in [9.17, 15) is 19.8 Å². The van der Waals surface area contributed by atoms with Crippen LogP contribution in [-0.2, 0) is 0 Å². The number of carbonyl (C=O) groups excluding carboxylic acids is 2. The third kappa shape index (κ3) is 4.49. The highest BCUT2D eigenvalue weighted by Gasteiger charge is 2.25. The number of phenolic OH excluding ortho intramolecular Hbond substituents is 2. The molecule has 2 amide bonds. The molecule has 1 aliphatic heterocycles. The summed E-state index contributed by atoms with van der Waals surface area (Å²) in [5.74, 6) is -0.120. The van der Waals surface area contributed by atoms with Gasteiger partial charge in [-0.05, 0) is 43.2 Å². The molecule has 0 spiro atoms. The molecular weight excluding hydrogens is 348 g/mol. The van der Waals surface area contributed by atoms with Crippen LogP contribution >= 0.6 is 0 Å². The van der Waals surface area contributed by atoms with Gasteiger partial charge in [0.2, 0.25) is 0 Å². The van der Waals surface area contributed by atoms with Crippen LogP contribution in [0.1, 0.15) is 33.6 Å². The molecule has 0 aliphatic carbocycles. The highest BCUT2D eigenvalue weighted by Crippen LogP contribution is 2.21. The van der Waals surface area contributed by atoms with Crippen LogP contribution in [0, 0.1) is 0 Å². The van der Waals surface area contributed by atoms with E-state index in [1.165, 1.54) is 18.2 Å². The predicted molar refractivity (Wildman–Crippen MR) is 99.2 cm³/mol. The Hall–Kier alpha value is -3.22. The molecule has 0 unspecified atom stereocenters. The van der Waals surface area contributed by atoms with Gasteiger partial charge in [0.25, 0.3) is 11.8 Å². The topological polar surface area (TPSA) is 99.1 Å². The van der Waals surface area contributed by atoms with E-state index in [1.807, 2.05) is 0 Å². The van der Waals surface area contributed by atoms with E-state index in [0.717, 1.165) is 0 Å². The number of piperidine rings is 1. The lowest BCUT2D eigenvalue weighted by molar-refractivity contribution is 0.0697. The van der Waals surface area contributed by atoms with Crippen molar-refractivity contribution in [2.75, 3.05) is 20.2 Å². The Balaban J connectivity index is 1.56. The summed E-state index contributed by atoms with van der Waals surface area (Å²) in [7, 11) is 1.56. The Kier molecular flexibility index (Phi) is 5.49. The molecule has 0 atom stereocenters. The zero-order chi connectivity index (χ0) is 19.4. The van der Waals surface area contributed by atoms with Crippen LogP contribution < -0.4 is 10.1 Å². The molecule has 27 heavy (non-hydrogen) atoms. The van der Waals surface area contributed by atoms with Crippen LogP contribution in [-0.4, -0.2) is 53.2 Å². The summed E-state index contributed by atoms with van der Waals surface area (Å²) in [4.78, 5) is 26.7. The lowest BCUT2D eigenvalue weighted by atomic mass is 10.0. The molecule has 1 fully saturated rings. The van der Waals surface area contributed by atoms with Crippen molar-refractivity contribution in [3.05, 3.63) is 53.6 Å². The SMILES string of the molecule is COc1cccc(C(=O)N2CCC(NC(=O)c3cc(O)cc(O)c3)CC2)c1. The first kappa shape index (κ1) is 18.6. The number of hydrogen-bond donors (Lipinski definition) is 3. The number of likely N-dealkylation sites (tertiary alicyclic amines) is 1. The lowest BCUT2D eigenvalue weighted by Gasteiger charge is -2.32. The van der Waals surface area contributed by atoms with Crippen molar-refractivity contribution < 1.29 is 24.5 Å². The number of hydrogen-bond acceptors (Lipinski definition) is 5. The van der Waals surface area contributed by atoms with E-state index in [2.05, 4.69) is 5.32 Å². The number of benzene rings is 2. The van der Waals surface area contributed by atoms with Gasteiger partial charge >= 0.3 is 0 Å². The zero-order valence-electron chi connectivity index (χ0n) is 15.0. The molecule has 1 aliphatic rings. The summed E-state index contributed by atoms with van der Waals surface area (Å²) in [5, 5.41) is 21.9. The smallest absolute Gasteiger partial charge is 0.253 e. The van der Waals surface area contributed by atoms with Crippen LogP contribution in [0.3, 0.4) is 0 Å². The third-order valence-electron chi connectivity index (χ3n) is 4.60. The lowest BCUT2D eigenvalue weighted by Crippen LogP contribution is -2.46. The summed E-state index contributed by atoms with van der Waals surface area (Å²) in [6.45, 7) is 1.07. The van der Waals surface area contributed by atoms with Gasteiger partial charge in [0, 0.05) is 36.3 Å². The van der Waals surface area contributed by atoms with Crippen LogP contribution in [0.25, 0.3) is 0 Å². The molecule has 2 aromatic carbocycles. The first-order chi connectivity index (χ1) is 13.0. The Morgan fingerprint density at radius 2 is 1.70 bits per heavy atom. The number of nitrogens with one attached hydrogen (secondary N) is 1. The van der Waals surface area contributed by atoms with Crippen molar-refractivity contribution in [2.45, 2.75) is 18.9 Å². The maximum absolute atomic E-state index is 12.6. The average molecular weight is 370 g/mol. The molecule has 3 N–H and O–H groups in total. The number of rotatable bonds is 4. The van der Waals surface area contributed by atoms with Gasteiger partial charge < -0.3 is 25.2 Å². The molecule has 0 bridgehead atoms. The van der Waals surface area contributed by atoms with E-state index in [-0.39, 0.29) is 34.9 Å². The van der Waals surface area contributed by atoms with Crippen molar-refractivity contribution in [1.29, 1.82) is 0 Å². The van der Waals surface area contributed by atoms with Crippen LogP contribution in [0.15, 0.2) is 42.5 Å². The minimum Gasteiger partial charge on any atom is -0.508 e. The van der Waals surface area contributed by atoms with Crippen molar-refractivity contribution >= 4 is 11.8 Å². The standard InChI is InChI=1S/C20H22N2O5/c1-27-18-4-2-3-13(11-18)20(26)22-7-5-15(6-8-22)21-19(25)14-9-16(23)12-17(24)10-14/h2-4,9-12,15,23-24H,5-8H2,1H3,(H,21,25). The molecule has 142 valence electrons. The second-order valence-electron chi connectivity index (χ2n) is 6.51. The fourth-order valence-electron chi connectivity index (χ4n) is 3.16. The highest BCUT2D eigenvalue weighted by molar-refractivity contribution is 5.96. The van der Waals surface area contributed by atoms with Crippen molar-refractivity contribution in [3.8, 4) is 17.2 Å². The van der Waals surface area contributed by atoms with Crippen LogP contribution in [0.5, 0.6) is 17.2 Å². The predicted octanol–water partition coefficient (Wildman–Crippen LogP) is 2.14. The third-order valence-corrected chi connectivity index (χ3v) is 4.60. The Morgan fingerprint density at radius 1 is 1.04 bits per heavy atom. The summed E-state index contributed by atoms with van der Waals surface area (Å²) < 4.78 is 5.16. The van der Waals surface area contributed by atoms with E-state index < -0.39 is 0 Å². The molecule has 0 saturated carbocycles. The number of aromatic hydroxyl groups is 2. The number of amides is 2. The van der Waals surface area contributed by atoms with Crippen molar-refractivity contribution in [1.82, 2.24) is 10.2 Å². The van der Waals surface area contributed by atoms with Gasteiger partial charge in [0.1, 0.15) is 17.2 Å². The maximum atomic E-state index is 12.6. The molecule has 1 heterocycles. The Morgan fingerprint density at radius 3 is 2.33 bits per heavy atom. The highest BCUT2D eigenvalue weighted by atomic mass is 16.5. The van der Waals surface area contributed by atoms with E-state index in [4.69, 9.17) is 4.74 Å². The zero-order valence-corrected chi connectivity index (χ0v) is 15.0. The van der Waals surface area contributed by atoms with Gasteiger partial charge in [-0.15, -0.1) is 0 Å². The quantitative estimate of drug-likeness (QED) is 0.766. The molecule has 0 radical (unpaired) electrons. The van der Waals surface area contributed by atoms with Crippen molar-refractivity contribution in [3.63, 3.8) is 0 Å². The van der Waals surface area contributed by atoms with Crippen LogP contribution in [0.2, 0.25) is 0 Å². The fraction of sp³-hybridized carbons (Fsp3) is 0.300. The Labute approximate surface area is 157 Å². The molecule has 7 heteroatoms. The van der Waals surface area contributed by atoms with E-state index in [1.54, 1.807) is 36.3 Å². The number of nitrogens with zero attached hydrogens (tertiary/aromatic N) is 1. The summed E-state index contributed by atoms with van der Waals surface area (Å²) in [6, 6.07) is 10.7. The monoisotopic (exact) mass is 370 g/mol. The number of carbonyl (C=O) groups is 2. The first-order valence-corrected chi connectivity index (χ1v) is 8.73. The molecule has 1 saturated heterocycles. The second kappa shape index (κ2) is 7.99. The first-order valence-electron chi connectivity index (χ1n) is 8.73. The normalized spacial score (nSPS) is 14.6. The van der Waals surface area contributed by atoms with Gasteiger partial charge in [-0.1, -0.05) is 6.07 Å². The van der Waals surface area contributed by atoms with Gasteiger partial charge in [-0.3, -0.25) is 9.59 Å². The van der Waals surface area contributed by atoms with Gasteiger partial charge in [-0.2, -0.15) is 0 Å². The Bertz CT molecular complexity index is 824. The number of ether oxygens (including phenoxy) is 1. The van der Waals surface area contributed by atoms with E-state index in [0.29, 0.717) is 37.2 Å². The minimum absolute atomic E-state index is 0.0587. The molecule has 7 nitrogen and oxygen atoms in total. The summed E-state index contributed by atoms with van der Waals surface area (Å²) >= 11 is 0.